The summed E-state index contributed by atoms with van der Waals surface area (Å²) in [5.41, 5.74) is 0. The van der Waals surface area contributed by atoms with E-state index in [0.717, 1.165) is 43.2 Å². The molecule has 2 N–H and O–H groups in total. The maximum atomic E-state index is 11.0. The van der Waals surface area contributed by atoms with E-state index in [1.165, 1.54) is 25.7 Å². The van der Waals surface area contributed by atoms with Crippen molar-refractivity contribution in [3.05, 3.63) is 0 Å². The lowest BCUT2D eigenvalue weighted by atomic mass is 9.72. The minimum Gasteiger partial charge on any atom is -0.480 e. The highest BCUT2D eigenvalue weighted by atomic mass is 16.4. The number of rotatable bonds is 8. The van der Waals surface area contributed by atoms with E-state index in [0.29, 0.717) is 12.1 Å². The molecule has 4 nitrogen and oxygen atoms in total. The normalized spacial score (nSPS) is 35.6. The van der Waals surface area contributed by atoms with Crippen LogP contribution in [-0.2, 0) is 4.79 Å². The van der Waals surface area contributed by atoms with E-state index in [-0.39, 0.29) is 6.54 Å². The van der Waals surface area contributed by atoms with E-state index in [4.69, 9.17) is 5.11 Å². The number of hydrogen-bond donors (Lipinski definition) is 2. The quantitative estimate of drug-likeness (QED) is 0.721. The molecule has 0 aromatic rings. The van der Waals surface area contributed by atoms with Crippen LogP contribution in [0.25, 0.3) is 0 Å². The monoisotopic (exact) mass is 294 g/mol. The second-order valence-electron chi connectivity index (χ2n) is 7.93. The van der Waals surface area contributed by atoms with Gasteiger partial charge in [0.05, 0.1) is 6.54 Å². The molecule has 0 aromatic heterocycles. The van der Waals surface area contributed by atoms with Gasteiger partial charge in [0.15, 0.2) is 0 Å². The van der Waals surface area contributed by atoms with Crippen LogP contribution in [0.3, 0.4) is 0 Å². The van der Waals surface area contributed by atoms with Crippen LogP contribution in [-0.4, -0.2) is 47.2 Å². The zero-order chi connectivity index (χ0) is 15.0. The minimum atomic E-state index is -0.675. The van der Waals surface area contributed by atoms with Crippen LogP contribution in [0.15, 0.2) is 0 Å². The fraction of sp³-hybridized carbons (Fsp3) is 0.941. The van der Waals surface area contributed by atoms with Crippen LogP contribution in [0.1, 0.15) is 52.4 Å². The molecule has 21 heavy (non-hydrogen) atoms. The highest BCUT2D eigenvalue weighted by Crippen LogP contribution is 2.37. The second-order valence-corrected chi connectivity index (χ2v) is 7.93. The molecule has 0 aromatic carbocycles. The first-order chi connectivity index (χ1) is 10.0. The van der Waals surface area contributed by atoms with Crippen LogP contribution in [0.4, 0.5) is 0 Å². The van der Waals surface area contributed by atoms with Gasteiger partial charge in [0.2, 0.25) is 0 Å². The molecular formula is C17H30N2O2. The number of carbonyl (C=O) groups is 1. The molecule has 0 heterocycles. The summed E-state index contributed by atoms with van der Waals surface area (Å²) < 4.78 is 0. The van der Waals surface area contributed by atoms with Crippen LogP contribution in [0.2, 0.25) is 0 Å². The number of hydrogen-bond acceptors (Lipinski definition) is 3. The van der Waals surface area contributed by atoms with Crippen molar-refractivity contribution in [2.24, 2.45) is 17.8 Å². The summed E-state index contributed by atoms with van der Waals surface area (Å²) in [7, 11) is 0. The summed E-state index contributed by atoms with van der Waals surface area (Å²) in [6.07, 6.45) is 7.54. The topological polar surface area (TPSA) is 52.6 Å². The van der Waals surface area contributed by atoms with Crippen LogP contribution in [0, 0.1) is 17.8 Å². The molecule has 120 valence electrons. The van der Waals surface area contributed by atoms with Crippen molar-refractivity contribution >= 4 is 5.97 Å². The Morgan fingerprint density at radius 1 is 1.19 bits per heavy atom. The fourth-order valence-corrected chi connectivity index (χ4v) is 3.85. The second kappa shape index (κ2) is 6.25. The van der Waals surface area contributed by atoms with Crippen molar-refractivity contribution < 1.29 is 9.90 Å². The SMILES string of the molecule is CC(C)C1CC(NC2CC(N(CC(=O)O)CC3CC3)C2)C1. The maximum absolute atomic E-state index is 11.0. The standard InChI is InChI=1S/C17H30N2O2/c1-11(2)13-5-14(6-13)18-15-7-16(8-15)19(10-17(20)21)9-12-3-4-12/h11-16,18H,3-10H2,1-2H3,(H,20,21). The Morgan fingerprint density at radius 3 is 2.33 bits per heavy atom. The van der Waals surface area contributed by atoms with Crippen molar-refractivity contribution in [1.82, 2.24) is 10.2 Å². The van der Waals surface area contributed by atoms with E-state index < -0.39 is 5.97 Å². The number of carboxylic acids is 1. The van der Waals surface area contributed by atoms with Crippen molar-refractivity contribution in [2.75, 3.05) is 13.1 Å². The lowest BCUT2D eigenvalue weighted by Crippen LogP contribution is -2.58. The lowest BCUT2D eigenvalue weighted by molar-refractivity contribution is -0.139. The average molecular weight is 294 g/mol. The first-order valence-electron chi connectivity index (χ1n) is 8.73. The Morgan fingerprint density at radius 2 is 1.81 bits per heavy atom. The van der Waals surface area contributed by atoms with Gasteiger partial charge in [-0.1, -0.05) is 13.8 Å². The molecular weight excluding hydrogens is 264 g/mol. The summed E-state index contributed by atoms with van der Waals surface area (Å²) in [4.78, 5) is 13.2. The molecule has 3 aliphatic rings. The first-order valence-corrected chi connectivity index (χ1v) is 8.73. The zero-order valence-electron chi connectivity index (χ0n) is 13.4. The molecule has 0 spiro atoms. The number of nitrogens with one attached hydrogen (secondary N) is 1. The van der Waals surface area contributed by atoms with E-state index in [9.17, 15) is 4.79 Å². The first kappa shape index (κ1) is 15.3. The number of aliphatic carboxylic acids is 1. The third-order valence-corrected chi connectivity index (χ3v) is 5.75. The van der Waals surface area contributed by atoms with Gasteiger partial charge in [0, 0.05) is 24.7 Å². The average Bonchev–Trinajstić information content (AvgIpc) is 3.06. The molecule has 0 saturated heterocycles. The number of nitrogens with zero attached hydrogens (tertiary/aromatic N) is 1. The number of carboxylic acid groups (broad SMARTS) is 1. The van der Waals surface area contributed by atoms with Crippen LogP contribution < -0.4 is 5.32 Å². The predicted octanol–water partition coefficient (Wildman–Crippen LogP) is 2.34. The third kappa shape index (κ3) is 3.98. The Labute approximate surface area is 128 Å². The summed E-state index contributed by atoms with van der Waals surface area (Å²) >= 11 is 0. The fourth-order valence-electron chi connectivity index (χ4n) is 3.85. The van der Waals surface area contributed by atoms with Gasteiger partial charge < -0.3 is 10.4 Å². The van der Waals surface area contributed by atoms with Crippen molar-refractivity contribution in [3.8, 4) is 0 Å². The summed E-state index contributed by atoms with van der Waals surface area (Å²) in [6.45, 7) is 5.87. The van der Waals surface area contributed by atoms with Gasteiger partial charge in [0.25, 0.3) is 0 Å². The van der Waals surface area contributed by atoms with E-state index in [2.05, 4.69) is 24.1 Å². The van der Waals surface area contributed by atoms with Crippen molar-refractivity contribution in [1.29, 1.82) is 0 Å². The molecule has 0 radical (unpaired) electrons. The molecule has 3 rings (SSSR count). The smallest absolute Gasteiger partial charge is 0.317 e. The van der Waals surface area contributed by atoms with Gasteiger partial charge >= 0.3 is 5.97 Å². The largest absolute Gasteiger partial charge is 0.480 e. The maximum Gasteiger partial charge on any atom is 0.317 e. The van der Waals surface area contributed by atoms with Crippen LogP contribution >= 0.6 is 0 Å². The molecule has 0 unspecified atom stereocenters. The molecule has 0 bridgehead atoms. The Kier molecular flexibility index (Phi) is 4.55. The van der Waals surface area contributed by atoms with E-state index >= 15 is 0 Å². The van der Waals surface area contributed by atoms with Gasteiger partial charge in [-0.25, -0.2) is 0 Å². The van der Waals surface area contributed by atoms with Gasteiger partial charge in [0.1, 0.15) is 0 Å². The third-order valence-electron chi connectivity index (χ3n) is 5.75. The van der Waals surface area contributed by atoms with Gasteiger partial charge in [-0.3, -0.25) is 9.69 Å². The van der Waals surface area contributed by atoms with Crippen molar-refractivity contribution in [3.63, 3.8) is 0 Å². The van der Waals surface area contributed by atoms with E-state index in [1.54, 1.807) is 0 Å². The zero-order valence-corrected chi connectivity index (χ0v) is 13.4. The van der Waals surface area contributed by atoms with Crippen molar-refractivity contribution in [2.45, 2.75) is 70.5 Å². The highest BCUT2D eigenvalue weighted by Gasteiger charge is 2.40. The van der Waals surface area contributed by atoms with Crippen LogP contribution in [0.5, 0.6) is 0 Å². The molecule has 3 saturated carbocycles. The Balaban J connectivity index is 1.36. The van der Waals surface area contributed by atoms with E-state index in [1.807, 2.05) is 0 Å². The Hall–Kier alpha value is -0.610. The molecule has 0 atom stereocenters. The molecule has 0 amide bonds. The lowest BCUT2D eigenvalue weighted by Gasteiger charge is -2.47. The summed E-state index contributed by atoms with van der Waals surface area (Å²) in [5.74, 6) is 1.83. The Bertz CT molecular complexity index is 369. The predicted molar refractivity (Wildman–Crippen MR) is 83.2 cm³/mol. The summed E-state index contributed by atoms with van der Waals surface area (Å²) in [5, 5.41) is 12.8. The molecule has 0 aliphatic heterocycles. The van der Waals surface area contributed by atoms with Gasteiger partial charge in [-0.15, -0.1) is 0 Å². The molecule has 3 aliphatic carbocycles. The van der Waals surface area contributed by atoms with Gasteiger partial charge in [-0.05, 0) is 56.3 Å². The molecule has 4 heteroatoms. The highest BCUT2D eigenvalue weighted by molar-refractivity contribution is 5.69. The summed E-state index contributed by atoms with van der Waals surface area (Å²) in [6, 6.07) is 1.85. The minimum absolute atomic E-state index is 0.229. The van der Waals surface area contributed by atoms with Gasteiger partial charge in [-0.2, -0.15) is 0 Å². The molecule has 3 fully saturated rings.